The van der Waals surface area contributed by atoms with E-state index < -0.39 is 34.5 Å². The molecule has 3 rings (SSSR count). The molecule has 1 aromatic carbocycles. The van der Waals surface area contributed by atoms with Crippen LogP contribution in [-0.2, 0) is 15.7 Å². The van der Waals surface area contributed by atoms with E-state index in [4.69, 9.17) is 19.9 Å². The van der Waals surface area contributed by atoms with Crippen molar-refractivity contribution in [2.24, 2.45) is 5.73 Å². The second-order valence-electron chi connectivity index (χ2n) is 8.44. The first-order valence-corrected chi connectivity index (χ1v) is 10.2. The number of likely N-dealkylation sites (N-methyl/N-ethyl adjacent to an activating group) is 1. The fraction of sp³-hybridized carbons (Fsp3) is 0.455. The topological polar surface area (TPSA) is 107 Å². The Morgan fingerprint density at radius 1 is 1.30 bits per heavy atom. The maximum atomic E-state index is 13.5. The predicted molar refractivity (Wildman–Crippen MR) is 114 cm³/mol. The molecule has 2 atom stereocenters. The van der Waals surface area contributed by atoms with Gasteiger partial charge in [-0.05, 0) is 44.8 Å². The summed E-state index contributed by atoms with van der Waals surface area (Å²) in [6.07, 6.45) is -5.14. The van der Waals surface area contributed by atoms with Crippen LogP contribution >= 0.6 is 0 Å². The summed E-state index contributed by atoms with van der Waals surface area (Å²) in [5, 5.41) is 0. The number of aromatic nitrogens is 1. The molecule has 1 aliphatic rings. The zero-order valence-corrected chi connectivity index (χ0v) is 18.5. The highest BCUT2D eigenvalue weighted by Crippen LogP contribution is 2.35. The van der Waals surface area contributed by atoms with Crippen LogP contribution in [0.2, 0.25) is 0 Å². The van der Waals surface area contributed by atoms with E-state index in [0.29, 0.717) is 25.5 Å². The van der Waals surface area contributed by atoms with E-state index in [-0.39, 0.29) is 23.8 Å². The number of nitrogens with one attached hydrogen (secondary N) is 1. The minimum atomic E-state index is -4.84. The number of nitrogens with zero attached hydrogens (tertiary/aromatic N) is 1. The van der Waals surface area contributed by atoms with E-state index in [9.17, 15) is 22.8 Å². The molecule has 1 amide bonds. The second kappa shape index (κ2) is 9.54. The second-order valence-corrected chi connectivity index (χ2v) is 8.44. The van der Waals surface area contributed by atoms with Gasteiger partial charge >= 0.3 is 6.18 Å². The number of benzene rings is 1. The summed E-state index contributed by atoms with van der Waals surface area (Å²) in [5.74, 6) is -0.711. The van der Waals surface area contributed by atoms with Crippen LogP contribution in [0.15, 0.2) is 35.1 Å². The number of H-pyrrole nitrogens is 1. The number of carbonyl (C=O) groups is 1. The molecular formula is C22H26F3N3O5. The van der Waals surface area contributed by atoms with Gasteiger partial charge in [-0.25, -0.2) is 0 Å². The lowest BCUT2D eigenvalue weighted by molar-refractivity contribution is -0.201. The van der Waals surface area contributed by atoms with Gasteiger partial charge in [-0.3, -0.25) is 9.59 Å². The fourth-order valence-electron chi connectivity index (χ4n) is 3.80. The molecule has 0 saturated carbocycles. The van der Waals surface area contributed by atoms with Crippen molar-refractivity contribution in [3.8, 4) is 16.9 Å². The third kappa shape index (κ3) is 6.12. The van der Waals surface area contributed by atoms with Crippen molar-refractivity contribution in [2.45, 2.75) is 24.8 Å². The van der Waals surface area contributed by atoms with Crippen LogP contribution in [0, 0.1) is 0 Å². The molecule has 180 valence electrons. The average molecular weight is 469 g/mol. The quantitative estimate of drug-likeness (QED) is 0.645. The molecule has 0 aliphatic carbocycles. The monoisotopic (exact) mass is 469 g/mol. The van der Waals surface area contributed by atoms with Gasteiger partial charge in [-0.1, -0.05) is 12.1 Å². The molecule has 0 radical (unpaired) electrons. The molecule has 2 heterocycles. The summed E-state index contributed by atoms with van der Waals surface area (Å²) in [4.78, 5) is 27.0. The number of pyridine rings is 1. The zero-order valence-electron chi connectivity index (χ0n) is 18.5. The maximum absolute atomic E-state index is 13.5. The van der Waals surface area contributed by atoms with Gasteiger partial charge < -0.3 is 29.8 Å². The van der Waals surface area contributed by atoms with Crippen molar-refractivity contribution < 1.29 is 32.2 Å². The van der Waals surface area contributed by atoms with Crippen LogP contribution in [0.1, 0.15) is 23.0 Å². The van der Waals surface area contributed by atoms with Crippen LogP contribution in [0.5, 0.6) is 5.75 Å². The Kier molecular flexibility index (Phi) is 7.15. The molecule has 2 aromatic rings. The Hall–Kier alpha value is -2.89. The Balaban J connectivity index is 1.76. The summed E-state index contributed by atoms with van der Waals surface area (Å²) in [5.41, 5.74) is 1.37. The Morgan fingerprint density at radius 2 is 1.97 bits per heavy atom. The molecule has 1 aromatic heterocycles. The normalized spacial score (nSPS) is 21.2. The molecule has 11 heteroatoms. The van der Waals surface area contributed by atoms with E-state index in [1.165, 1.54) is 24.3 Å². The molecule has 3 N–H and O–H groups in total. The third-order valence-corrected chi connectivity index (χ3v) is 5.00. The first-order chi connectivity index (χ1) is 15.4. The number of nitrogens with two attached hydrogens (primary N) is 1. The lowest BCUT2D eigenvalue weighted by Gasteiger charge is -2.39. The number of rotatable bonds is 7. The number of alkyl halides is 3. The third-order valence-electron chi connectivity index (χ3n) is 5.00. The largest absolute Gasteiger partial charge is 0.491 e. The van der Waals surface area contributed by atoms with Gasteiger partial charge in [-0.2, -0.15) is 13.2 Å². The summed E-state index contributed by atoms with van der Waals surface area (Å²) in [6.45, 7) is 3.65. The highest BCUT2D eigenvalue weighted by molar-refractivity contribution is 5.94. The lowest BCUT2D eigenvalue weighted by atomic mass is 10.0. The number of hydrogen-bond acceptors (Lipinski definition) is 6. The Morgan fingerprint density at radius 3 is 2.55 bits per heavy atom. The molecule has 33 heavy (non-hydrogen) atoms. The van der Waals surface area contributed by atoms with Crippen molar-refractivity contribution in [3.05, 3.63) is 51.9 Å². The molecule has 1 aliphatic heterocycles. The number of aromatic amines is 1. The van der Waals surface area contributed by atoms with Gasteiger partial charge in [0.15, 0.2) is 0 Å². The summed E-state index contributed by atoms with van der Waals surface area (Å²) in [7, 11) is 3.88. The molecule has 1 fully saturated rings. The van der Waals surface area contributed by atoms with E-state index in [1.807, 2.05) is 25.9 Å². The number of carbonyl (C=O) groups excluding carboxylic acids is 1. The molecule has 0 unspecified atom stereocenters. The SMILES string of the molecule is CN(C)C[C@]1(C)COC[C@@H](COc2ccc(-c3cc(C(N)=O)c(=O)[nH]c3C(F)(F)F)cc2)O1. The fourth-order valence-corrected chi connectivity index (χ4v) is 3.80. The highest BCUT2D eigenvalue weighted by atomic mass is 19.4. The molecular weight excluding hydrogens is 443 g/mol. The first-order valence-electron chi connectivity index (χ1n) is 10.2. The van der Waals surface area contributed by atoms with Gasteiger partial charge in [0.1, 0.15) is 35.3 Å². The molecule has 0 spiro atoms. The predicted octanol–water partition coefficient (Wildman–Crippen LogP) is 2.27. The number of ether oxygens (including phenoxy) is 3. The molecule has 0 bridgehead atoms. The smallest absolute Gasteiger partial charge is 0.431 e. The van der Waals surface area contributed by atoms with E-state index in [1.54, 1.807) is 4.98 Å². The van der Waals surface area contributed by atoms with Crippen LogP contribution in [0.4, 0.5) is 13.2 Å². The molecule has 1 saturated heterocycles. The zero-order chi connectivity index (χ0) is 24.4. The van der Waals surface area contributed by atoms with Crippen LogP contribution in [-0.4, -0.2) is 68.0 Å². The highest BCUT2D eigenvalue weighted by Gasteiger charge is 2.36. The molecule has 8 nitrogen and oxygen atoms in total. The summed E-state index contributed by atoms with van der Waals surface area (Å²) < 4.78 is 57.9. The number of amides is 1. The van der Waals surface area contributed by atoms with Crippen molar-refractivity contribution >= 4 is 5.91 Å². The minimum Gasteiger partial charge on any atom is -0.491 e. The average Bonchev–Trinajstić information content (AvgIpc) is 2.71. The number of hydrogen-bond donors (Lipinski definition) is 2. The summed E-state index contributed by atoms with van der Waals surface area (Å²) >= 11 is 0. The van der Waals surface area contributed by atoms with Crippen LogP contribution in [0.3, 0.4) is 0 Å². The number of primary amides is 1. The minimum absolute atomic E-state index is 0.129. The van der Waals surface area contributed by atoms with Gasteiger partial charge in [-0.15, -0.1) is 0 Å². The van der Waals surface area contributed by atoms with Crippen molar-refractivity contribution in [1.82, 2.24) is 9.88 Å². The lowest BCUT2D eigenvalue weighted by Crippen LogP contribution is -2.52. The van der Waals surface area contributed by atoms with E-state index in [0.717, 1.165) is 6.07 Å². The van der Waals surface area contributed by atoms with Crippen LogP contribution < -0.4 is 16.0 Å². The van der Waals surface area contributed by atoms with Gasteiger partial charge in [0.05, 0.1) is 13.2 Å². The standard InChI is InChI=1S/C22H26F3N3O5/c1-21(11-28(2)3)12-31-9-15(33-21)10-32-14-6-4-13(5-7-14)16-8-17(19(26)29)20(30)27-18(16)22(23,24)25/h4-8,15H,9-12H2,1-3H3,(H2,26,29)(H,27,30)/t15-,21+/m0/s1. The van der Waals surface area contributed by atoms with Gasteiger partial charge in [0, 0.05) is 12.1 Å². The van der Waals surface area contributed by atoms with Gasteiger partial charge in [0.25, 0.3) is 11.5 Å². The van der Waals surface area contributed by atoms with Crippen molar-refractivity contribution in [1.29, 1.82) is 0 Å². The maximum Gasteiger partial charge on any atom is 0.431 e. The van der Waals surface area contributed by atoms with Crippen molar-refractivity contribution in [3.63, 3.8) is 0 Å². The van der Waals surface area contributed by atoms with Gasteiger partial charge in [0.2, 0.25) is 0 Å². The van der Waals surface area contributed by atoms with E-state index >= 15 is 0 Å². The first kappa shape index (κ1) is 24.7. The van der Waals surface area contributed by atoms with E-state index in [2.05, 4.69) is 0 Å². The Labute approximate surface area is 188 Å². The summed E-state index contributed by atoms with van der Waals surface area (Å²) in [6, 6.07) is 6.63. The number of halogens is 3. The van der Waals surface area contributed by atoms with Crippen molar-refractivity contribution in [2.75, 3.05) is 40.5 Å². The van der Waals surface area contributed by atoms with Crippen LogP contribution in [0.25, 0.3) is 11.1 Å². The Bertz CT molecular complexity index is 1050.